The molecule has 3 aliphatic heterocycles. The molecule has 0 aromatic heterocycles. The van der Waals surface area contributed by atoms with Gasteiger partial charge in [0.15, 0.2) is 11.4 Å². The van der Waals surface area contributed by atoms with Crippen molar-refractivity contribution >= 4 is 15.9 Å². The van der Waals surface area contributed by atoms with Crippen LogP contribution < -0.4 is 0 Å². The number of fused-ring (bicyclic) bond motifs is 1. The van der Waals surface area contributed by atoms with E-state index in [4.69, 9.17) is 18.9 Å². The fraction of sp³-hybridized carbons (Fsp3) is 0.818. The van der Waals surface area contributed by atoms with Crippen LogP contribution >= 0.6 is 15.9 Å². The van der Waals surface area contributed by atoms with Crippen molar-refractivity contribution in [1.82, 2.24) is 0 Å². The minimum atomic E-state index is -0.564. The van der Waals surface area contributed by atoms with Crippen molar-refractivity contribution in [2.24, 2.45) is 0 Å². The predicted octanol–water partition coefficient (Wildman–Crippen LogP) is 1.93. The van der Waals surface area contributed by atoms with Gasteiger partial charge < -0.3 is 18.9 Å². The normalized spacial score (nSPS) is 44.8. The van der Waals surface area contributed by atoms with Crippen molar-refractivity contribution in [2.45, 2.75) is 43.9 Å². The van der Waals surface area contributed by atoms with E-state index < -0.39 is 11.4 Å². The van der Waals surface area contributed by atoms with Crippen LogP contribution in [-0.2, 0) is 18.9 Å². The van der Waals surface area contributed by atoms with Crippen LogP contribution in [0.4, 0.5) is 0 Å². The van der Waals surface area contributed by atoms with E-state index in [1.54, 1.807) is 7.11 Å². The highest BCUT2D eigenvalue weighted by Gasteiger charge is 2.63. The van der Waals surface area contributed by atoms with Gasteiger partial charge in [-0.25, -0.2) is 0 Å². The Kier molecular flexibility index (Phi) is 2.22. The molecule has 4 rings (SSSR count). The Morgan fingerprint density at radius 1 is 1.44 bits per heavy atom. The summed E-state index contributed by atoms with van der Waals surface area (Å²) in [6.45, 7) is 4.39. The molecule has 0 amide bonds. The molecule has 0 aromatic carbocycles. The lowest BCUT2D eigenvalue weighted by Crippen LogP contribution is -2.57. The molecule has 0 saturated carbocycles. The Morgan fingerprint density at radius 2 is 2.19 bits per heavy atom. The molecule has 2 saturated heterocycles. The van der Waals surface area contributed by atoms with E-state index in [2.05, 4.69) is 15.9 Å². The summed E-state index contributed by atoms with van der Waals surface area (Å²) in [6, 6.07) is 0. The first-order valence-corrected chi connectivity index (χ1v) is 6.21. The van der Waals surface area contributed by atoms with Gasteiger partial charge in [0.2, 0.25) is 0 Å². The summed E-state index contributed by atoms with van der Waals surface area (Å²) < 4.78 is 24.0. The molecule has 2 bridgehead atoms. The molecule has 16 heavy (non-hydrogen) atoms. The SMILES string of the molecule is COC1=C(Br)C23COC1CC2OC(C)(C)O3. The smallest absolute Gasteiger partial charge is 0.164 e. The van der Waals surface area contributed by atoms with Crippen molar-refractivity contribution in [2.75, 3.05) is 13.7 Å². The first-order valence-electron chi connectivity index (χ1n) is 5.42. The fourth-order valence-electron chi connectivity index (χ4n) is 2.82. The average Bonchev–Trinajstić information content (AvgIpc) is 2.48. The molecule has 90 valence electrons. The van der Waals surface area contributed by atoms with E-state index in [1.807, 2.05) is 13.8 Å². The van der Waals surface area contributed by atoms with Crippen molar-refractivity contribution in [1.29, 1.82) is 0 Å². The maximum absolute atomic E-state index is 6.04. The highest BCUT2D eigenvalue weighted by atomic mass is 79.9. The van der Waals surface area contributed by atoms with Crippen molar-refractivity contribution < 1.29 is 18.9 Å². The fourth-order valence-corrected chi connectivity index (χ4v) is 3.69. The zero-order chi connectivity index (χ0) is 11.6. The quantitative estimate of drug-likeness (QED) is 0.740. The molecule has 3 heterocycles. The first-order chi connectivity index (χ1) is 7.48. The minimum absolute atomic E-state index is 0.0104. The van der Waals surface area contributed by atoms with Crippen LogP contribution in [0.25, 0.3) is 0 Å². The largest absolute Gasteiger partial charge is 0.497 e. The average molecular weight is 291 g/mol. The van der Waals surface area contributed by atoms with Gasteiger partial charge in [0.1, 0.15) is 18.0 Å². The Balaban J connectivity index is 2.07. The van der Waals surface area contributed by atoms with Gasteiger partial charge in [-0.15, -0.1) is 0 Å². The Hall–Kier alpha value is -0.100. The second-order valence-corrected chi connectivity index (χ2v) is 5.71. The highest BCUT2D eigenvalue weighted by molar-refractivity contribution is 9.11. The predicted molar refractivity (Wildman–Crippen MR) is 60.1 cm³/mol. The molecule has 3 atom stereocenters. The van der Waals surface area contributed by atoms with Gasteiger partial charge in [-0.2, -0.15) is 0 Å². The first kappa shape index (κ1) is 11.0. The number of methoxy groups -OCH3 is 1. The number of ether oxygens (including phenoxy) is 4. The maximum atomic E-state index is 6.04. The summed E-state index contributed by atoms with van der Waals surface area (Å²) in [5.41, 5.74) is -0.510. The topological polar surface area (TPSA) is 36.9 Å². The van der Waals surface area contributed by atoms with Crippen LogP contribution in [0.5, 0.6) is 0 Å². The lowest BCUT2D eigenvalue weighted by Gasteiger charge is -2.45. The Bertz CT molecular complexity index is 365. The molecule has 0 N–H and O–H groups in total. The molecule has 3 unspecified atom stereocenters. The summed E-state index contributed by atoms with van der Waals surface area (Å²) >= 11 is 3.59. The Labute approximate surface area is 103 Å². The molecule has 0 aromatic rings. The van der Waals surface area contributed by atoms with Crippen LogP contribution in [0.3, 0.4) is 0 Å². The molecule has 4 nitrogen and oxygen atoms in total. The summed E-state index contributed by atoms with van der Waals surface area (Å²) in [5.74, 6) is 0.272. The summed E-state index contributed by atoms with van der Waals surface area (Å²) in [5, 5.41) is 0. The summed E-state index contributed by atoms with van der Waals surface area (Å²) in [6.07, 6.45) is 0.833. The number of rotatable bonds is 1. The summed E-state index contributed by atoms with van der Waals surface area (Å²) in [4.78, 5) is 0. The van der Waals surface area contributed by atoms with E-state index >= 15 is 0 Å². The maximum Gasteiger partial charge on any atom is 0.164 e. The Morgan fingerprint density at radius 3 is 2.88 bits per heavy atom. The lowest BCUT2D eigenvalue weighted by atomic mass is 9.83. The van der Waals surface area contributed by atoms with Crippen LogP contribution in [0.2, 0.25) is 0 Å². The minimum Gasteiger partial charge on any atom is -0.497 e. The van der Waals surface area contributed by atoms with Crippen molar-refractivity contribution in [3.8, 4) is 0 Å². The monoisotopic (exact) mass is 290 g/mol. The van der Waals surface area contributed by atoms with Crippen molar-refractivity contribution in [3.63, 3.8) is 0 Å². The van der Waals surface area contributed by atoms with Crippen LogP contribution in [0.15, 0.2) is 10.2 Å². The molecule has 2 fully saturated rings. The molecule has 5 heteroatoms. The van der Waals surface area contributed by atoms with Crippen molar-refractivity contribution in [3.05, 3.63) is 10.2 Å². The number of halogens is 1. The van der Waals surface area contributed by atoms with Gasteiger partial charge in [0.25, 0.3) is 0 Å². The standard InChI is InChI=1S/C11H15BrO4/c1-10(2)15-7-4-6-8(13-3)9(12)11(7,16-10)5-14-6/h6-7H,4-5H2,1-3H3. The van der Waals surface area contributed by atoms with E-state index in [1.165, 1.54) is 0 Å². The molecule has 1 spiro atoms. The third kappa shape index (κ3) is 1.26. The van der Waals surface area contributed by atoms with Gasteiger partial charge >= 0.3 is 0 Å². The van der Waals surface area contributed by atoms with Gasteiger partial charge in [0.05, 0.1) is 18.2 Å². The third-order valence-electron chi connectivity index (χ3n) is 3.40. The number of hydrogen-bond donors (Lipinski definition) is 0. The van der Waals surface area contributed by atoms with Gasteiger partial charge in [0, 0.05) is 6.42 Å². The van der Waals surface area contributed by atoms with E-state index in [0.29, 0.717) is 6.61 Å². The molecular weight excluding hydrogens is 276 g/mol. The van der Waals surface area contributed by atoms with Gasteiger partial charge in [-0.05, 0) is 29.8 Å². The van der Waals surface area contributed by atoms with Crippen LogP contribution in [0, 0.1) is 0 Å². The van der Waals surface area contributed by atoms with E-state index in [-0.39, 0.29) is 12.2 Å². The zero-order valence-corrected chi connectivity index (χ0v) is 11.2. The van der Waals surface area contributed by atoms with E-state index in [9.17, 15) is 0 Å². The van der Waals surface area contributed by atoms with Gasteiger partial charge in [-0.1, -0.05) is 0 Å². The highest BCUT2D eigenvalue weighted by Crippen LogP contribution is 2.53. The summed E-state index contributed by atoms with van der Waals surface area (Å²) in [7, 11) is 1.66. The lowest BCUT2D eigenvalue weighted by molar-refractivity contribution is -0.169. The van der Waals surface area contributed by atoms with Gasteiger partial charge in [-0.3, -0.25) is 0 Å². The van der Waals surface area contributed by atoms with E-state index in [0.717, 1.165) is 16.7 Å². The van der Waals surface area contributed by atoms with Crippen LogP contribution in [-0.4, -0.2) is 37.3 Å². The molecular formula is C11H15BrO4. The second-order valence-electron chi connectivity index (χ2n) is 4.92. The number of hydrogen-bond acceptors (Lipinski definition) is 4. The van der Waals surface area contributed by atoms with Crippen LogP contribution in [0.1, 0.15) is 20.3 Å². The molecule has 1 aliphatic carbocycles. The second kappa shape index (κ2) is 3.22. The molecule has 0 radical (unpaired) electrons. The molecule has 4 aliphatic rings. The third-order valence-corrected chi connectivity index (χ3v) is 4.46. The zero-order valence-electron chi connectivity index (χ0n) is 9.58.